The lowest BCUT2D eigenvalue weighted by Crippen LogP contribution is -2.40. The fourth-order valence-corrected chi connectivity index (χ4v) is 2.01. The smallest absolute Gasteiger partial charge is 0.320 e. The zero-order chi connectivity index (χ0) is 13.0. The van der Waals surface area contributed by atoms with Crippen molar-refractivity contribution < 1.29 is 9.90 Å². The molecule has 0 aliphatic carbocycles. The maximum Gasteiger partial charge on any atom is 0.320 e. The number of aliphatic carboxylic acids is 1. The number of aryl methyl sites for hydroxylation is 2. The van der Waals surface area contributed by atoms with Gasteiger partial charge in [0.25, 0.3) is 0 Å². The quantitative estimate of drug-likeness (QED) is 0.824. The molecule has 1 aromatic carbocycles. The van der Waals surface area contributed by atoms with Crippen molar-refractivity contribution in [1.29, 1.82) is 0 Å². The summed E-state index contributed by atoms with van der Waals surface area (Å²) >= 11 is 0. The van der Waals surface area contributed by atoms with Gasteiger partial charge in [-0.2, -0.15) is 0 Å². The number of rotatable bonds is 5. The summed E-state index contributed by atoms with van der Waals surface area (Å²) in [7, 11) is 0. The third kappa shape index (κ3) is 4.19. The second-order valence-corrected chi connectivity index (χ2v) is 4.94. The SMILES string of the molecule is Cc1cc(C)cc(CN[C@@H](C(=O)O)C(C)C)c1. The average molecular weight is 235 g/mol. The summed E-state index contributed by atoms with van der Waals surface area (Å²) in [5, 5.41) is 12.2. The summed E-state index contributed by atoms with van der Waals surface area (Å²) in [5.74, 6) is -0.706. The highest BCUT2D eigenvalue weighted by molar-refractivity contribution is 5.73. The van der Waals surface area contributed by atoms with Crippen LogP contribution in [-0.4, -0.2) is 17.1 Å². The molecule has 3 nitrogen and oxygen atoms in total. The largest absolute Gasteiger partial charge is 0.480 e. The Labute approximate surface area is 103 Å². The fourth-order valence-electron chi connectivity index (χ4n) is 2.01. The first-order valence-electron chi connectivity index (χ1n) is 5.93. The van der Waals surface area contributed by atoms with Crippen molar-refractivity contribution >= 4 is 5.97 Å². The zero-order valence-corrected chi connectivity index (χ0v) is 10.9. The molecule has 0 fully saturated rings. The first-order valence-corrected chi connectivity index (χ1v) is 5.93. The molecule has 1 aromatic rings. The third-order valence-corrected chi connectivity index (χ3v) is 2.74. The molecule has 0 aliphatic rings. The van der Waals surface area contributed by atoms with Gasteiger partial charge in [-0.3, -0.25) is 4.79 Å². The minimum absolute atomic E-state index is 0.0819. The van der Waals surface area contributed by atoms with Crippen LogP contribution in [0.25, 0.3) is 0 Å². The third-order valence-electron chi connectivity index (χ3n) is 2.74. The molecule has 3 heteroatoms. The Balaban J connectivity index is 2.68. The molecule has 0 unspecified atom stereocenters. The molecule has 94 valence electrons. The lowest BCUT2D eigenvalue weighted by atomic mass is 10.0. The predicted octanol–water partition coefficient (Wildman–Crippen LogP) is 2.50. The van der Waals surface area contributed by atoms with Crippen LogP contribution in [-0.2, 0) is 11.3 Å². The molecular formula is C14H21NO2. The van der Waals surface area contributed by atoms with E-state index in [0.717, 1.165) is 5.56 Å². The first-order chi connectivity index (χ1) is 7.90. The standard InChI is InChI=1S/C14H21NO2/c1-9(2)13(14(16)17)15-8-12-6-10(3)5-11(4)7-12/h5-7,9,13,15H,8H2,1-4H3,(H,16,17)/t13-/m1/s1. The number of benzene rings is 1. The van der Waals surface area contributed by atoms with Crippen LogP contribution < -0.4 is 5.32 Å². The molecule has 1 rings (SSSR count). The lowest BCUT2D eigenvalue weighted by Gasteiger charge is -2.18. The molecule has 2 N–H and O–H groups in total. The van der Waals surface area contributed by atoms with Gasteiger partial charge in [0.1, 0.15) is 6.04 Å². The molecule has 17 heavy (non-hydrogen) atoms. The number of carbonyl (C=O) groups is 1. The van der Waals surface area contributed by atoms with Crippen molar-refractivity contribution in [1.82, 2.24) is 5.32 Å². The first kappa shape index (κ1) is 13.7. The zero-order valence-electron chi connectivity index (χ0n) is 10.9. The van der Waals surface area contributed by atoms with Crippen molar-refractivity contribution in [2.45, 2.75) is 40.3 Å². The summed E-state index contributed by atoms with van der Waals surface area (Å²) < 4.78 is 0. The topological polar surface area (TPSA) is 49.3 Å². The van der Waals surface area contributed by atoms with Crippen LogP contribution in [0.3, 0.4) is 0 Å². The molecular weight excluding hydrogens is 214 g/mol. The molecule has 0 radical (unpaired) electrons. The number of hydrogen-bond donors (Lipinski definition) is 2. The van der Waals surface area contributed by atoms with Gasteiger partial charge in [0.15, 0.2) is 0 Å². The number of carboxylic acid groups (broad SMARTS) is 1. The van der Waals surface area contributed by atoms with Crippen molar-refractivity contribution in [3.63, 3.8) is 0 Å². The molecule has 0 heterocycles. The van der Waals surface area contributed by atoms with Gasteiger partial charge >= 0.3 is 5.97 Å². The van der Waals surface area contributed by atoms with Gasteiger partial charge in [-0.05, 0) is 25.3 Å². The van der Waals surface area contributed by atoms with Gasteiger partial charge in [-0.25, -0.2) is 0 Å². The van der Waals surface area contributed by atoms with Crippen LogP contribution in [0.15, 0.2) is 18.2 Å². The van der Waals surface area contributed by atoms with E-state index in [4.69, 9.17) is 5.11 Å². The van der Waals surface area contributed by atoms with Crippen molar-refractivity contribution in [3.05, 3.63) is 34.9 Å². The van der Waals surface area contributed by atoms with Gasteiger partial charge < -0.3 is 10.4 Å². The molecule has 0 aliphatic heterocycles. The highest BCUT2D eigenvalue weighted by Gasteiger charge is 2.20. The van der Waals surface area contributed by atoms with Crippen LogP contribution in [0.5, 0.6) is 0 Å². The molecule has 0 aromatic heterocycles. The average Bonchev–Trinajstić information content (AvgIpc) is 2.14. The number of hydrogen-bond acceptors (Lipinski definition) is 2. The van der Waals surface area contributed by atoms with Crippen LogP contribution in [0, 0.1) is 19.8 Å². The van der Waals surface area contributed by atoms with E-state index in [1.54, 1.807) is 0 Å². The fraction of sp³-hybridized carbons (Fsp3) is 0.500. The Morgan fingerprint density at radius 3 is 2.18 bits per heavy atom. The number of nitrogens with one attached hydrogen (secondary N) is 1. The highest BCUT2D eigenvalue weighted by atomic mass is 16.4. The van der Waals surface area contributed by atoms with Gasteiger partial charge in [0, 0.05) is 6.54 Å². The summed E-state index contributed by atoms with van der Waals surface area (Å²) in [6.45, 7) is 8.51. The van der Waals surface area contributed by atoms with E-state index in [2.05, 4.69) is 23.5 Å². The Morgan fingerprint density at radius 2 is 1.76 bits per heavy atom. The summed E-state index contributed by atoms with van der Waals surface area (Å²) in [5.41, 5.74) is 3.55. The Morgan fingerprint density at radius 1 is 1.24 bits per heavy atom. The normalized spacial score (nSPS) is 12.8. The molecule has 0 amide bonds. The van der Waals surface area contributed by atoms with E-state index in [1.807, 2.05) is 27.7 Å². The summed E-state index contributed by atoms with van der Waals surface area (Å²) in [4.78, 5) is 11.0. The minimum Gasteiger partial charge on any atom is -0.480 e. The summed E-state index contributed by atoms with van der Waals surface area (Å²) in [6, 6.07) is 5.79. The maximum absolute atomic E-state index is 11.0. The van der Waals surface area contributed by atoms with Crippen LogP contribution in [0.1, 0.15) is 30.5 Å². The Kier molecular flexibility index (Phi) is 4.70. The van der Waals surface area contributed by atoms with E-state index >= 15 is 0 Å². The highest BCUT2D eigenvalue weighted by Crippen LogP contribution is 2.10. The van der Waals surface area contributed by atoms with Crippen molar-refractivity contribution in [3.8, 4) is 0 Å². The lowest BCUT2D eigenvalue weighted by molar-refractivity contribution is -0.140. The van der Waals surface area contributed by atoms with E-state index in [9.17, 15) is 4.79 Å². The van der Waals surface area contributed by atoms with Crippen molar-refractivity contribution in [2.24, 2.45) is 5.92 Å². The maximum atomic E-state index is 11.0. The monoisotopic (exact) mass is 235 g/mol. The predicted molar refractivity (Wildman–Crippen MR) is 69.0 cm³/mol. The van der Waals surface area contributed by atoms with Crippen molar-refractivity contribution in [2.75, 3.05) is 0 Å². The summed E-state index contributed by atoms with van der Waals surface area (Å²) in [6.07, 6.45) is 0. The van der Waals surface area contributed by atoms with E-state index in [0.29, 0.717) is 6.54 Å². The molecule has 0 spiro atoms. The van der Waals surface area contributed by atoms with E-state index in [-0.39, 0.29) is 5.92 Å². The number of carboxylic acids is 1. The van der Waals surface area contributed by atoms with Crippen LogP contribution >= 0.6 is 0 Å². The Hall–Kier alpha value is -1.35. The second-order valence-electron chi connectivity index (χ2n) is 4.94. The van der Waals surface area contributed by atoms with Crippen LogP contribution in [0.2, 0.25) is 0 Å². The molecule has 0 saturated heterocycles. The van der Waals surface area contributed by atoms with E-state index in [1.165, 1.54) is 11.1 Å². The molecule has 1 atom stereocenters. The second kappa shape index (κ2) is 5.82. The van der Waals surface area contributed by atoms with Gasteiger partial charge in [-0.1, -0.05) is 43.2 Å². The van der Waals surface area contributed by atoms with Crippen LogP contribution in [0.4, 0.5) is 0 Å². The minimum atomic E-state index is -0.788. The van der Waals surface area contributed by atoms with Gasteiger partial charge in [0.05, 0.1) is 0 Å². The molecule has 0 bridgehead atoms. The van der Waals surface area contributed by atoms with Gasteiger partial charge in [-0.15, -0.1) is 0 Å². The van der Waals surface area contributed by atoms with E-state index < -0.39 is 12.0 Å². The Bertz CT molecular complexity index is 379. The molecule has 0 saturated carbocycles. The van der Waals surface area contributed by atoms with Gasteiger partial charge in [0.2, 0.25) is 0 Å².